The van der Waals surface area contributed by atoms with E-state index in [4.69, 9.17) is 5.73 Å². The van der Waals surface area contributed by atoms with E-state index in [0.29, 0.717) is 6.54 Å². The summed E-state index contributed by atoms with van der Waals surface area (Å²) in [5.41, 5.74) is 6.61. The first-order chi connectivity index (χ1) is 9.58. The van der Waals surface area contributed by atoms with Crippen molar-refractivity contribution in [3.8, 4) is 0 Å². The summed E-state index contributed by atoms with van der Waals surface area (Å²) in [4.78, 5) is 24.5. The van der Waals surface area contributed by atoms with E-state index in [2.05, 4.69) is 34.0 Å². The van der Waals surface area contributed by atoms with E-state index < -0.39 is 0 Å². The highest BCUT2D eigenvalue weighted by Gasteiger charge is 2.26. The Morgan fingerprint density at radius 2 is 2.30 bits per heavy atom. The van der Waals surface area contributed by atoms with Crippen LogP contribution in [0, 0.1) is 13.8 Å². The van der Waals surface area contributed by atoms with Crippen molar-refractivity contribution in [2.75, 3.05) is 24.5 Å². The van der Waals surface area contributed by atoms with Crippen molar-refractivity contribution >= 4 is 33.3 Å². The predicted molar refractivity (Wildman–Crippen MR) is 80.1 cm³/mol. The van der Waals surface area contributed by atoms with Crippen LogP contribution >= 0.6 is 11.3 Å². The second-order valence-electron chi connectivity index (χ2n) is 5.02. The summed E-state index contributed by atoms with van der Waals surface area (Å²) >= 11 is 1.68. The van der Waals surface area contributed by atoms with Crippen LogP contribution in [0.25, 0.3) is 10.2 Å². The molecule has 3 heterocycles. The number of carbonyl (C=O) groups excluding carboxylic acids is 1. The van der Waals surface area contributed by atoms with Crippen molar-refractivity contribution in [2.24, 2.45) is 5.73 Å². The van der Waals surface area contributed by atoms with Crippen LogP contribution in [0.5, 0.6) is 0 Å². The fourth-order valence-electron chi connectivity index (χ4n) is 2.54. The summed E-state index contributed by atoms with van der Waals surface area (Å²) in [5, 5.41) is 4.23. The molecular weight excluding hydrogens is 274 g/mol. The average molecular weight is 291 g/mol. The zero-order chi connectivity index (χ0) is 14.3. The number of carbonyl (C=O) groups is 1. The highest BCUT2D eigenvalue weighted by Crippen LogP contribution is 2.34. The van der Waals surface area contributed by atoms with Crippen molar-refractivity contribution in [3.63, 3.8) is 0 Å². The molecule has 1 amide bonds. The van der Waals surface area contributed by atoms with Crippen LogP contribution in [0.1, 0.15) is 10.4 Å². The summed E-state index contributed by atoms with van der Waals surface area (Å²) < 4.78 is 0. The number of primary amides is 1. The lowest BCUT2D eigenvalue weighted by Crippen LogP contribution is -2.56. The number of piperazine rings is 1. The number of fused-ring (bicyclic) bond motifs is 1. The fourth-order valence-corrected chi connectivity index (χ4v) is 3.53. The second kappa shape index (κ2) is 4.99. The zero-order valence-corrected chi connectivity index (χ0v) is 12.3. The minimum absolute atomic E-state index is 0.321. The molecule has 1 atom stereocenters. The number of nitrogens with one attached hydrogen (secondary N) is 1. The summed E-state index contributed by atoms with van der Waals surface area (Å²) in [5.74, 6) is 0.586. The van der Waals surface area contributed by atoms with Gasteiger partial charge in [-0.2, -0.15) is 0 Å². The van der Waals surface area contributed by atoms with Gasteiger partial charge < -0.3 is 16.0 Å². The number of hydrogen-bond acceptors (Lipinski definition) is 6. The lowest BCUT2D eigenvalue weighted by Gasteiger charge is -2.33. The maximum Gasteiger partial charge on any atom is 0.236 e. The lowest BCUT2D eigenvalue weighted by molar-refractivity contribution is -0.120. The molecule has 0 radical (unpaired) electrons. The average Bonchev–Trinajstić information content (AvgIpc) is 2.74. The van der Waals surface area contributed by atoms with Gasteiger partial charge in [0.1, 0.15) is 23.0 Å². The SMILES string of the molecule is Cc1sc2ncnc(N3CCNC(C(N)=O)C3)c2c1C. The number of nitrogens with two attached hydrogens (primary N) is 1. The van der Waals surface area contributed by atoms with Gasteiger partial charge in [0.15, 0.2) is 0 Å². The Balaban J connectivity index is 2.03. The van der Waals surface area contributed by atoms with Crippen LogP contribution in [-0.2, 0) is 4.79 Å². The predicted octanol–water partition coefficient (Wildman–Crippen LogP) is 0.572. The first kappa shape index (κ1) is 13.3. The smallest absolute Gasteiger partial charge is 0.236 e. The summed E-state index contributed by atoms with van der Waals surface area (Å²) in [7, 11) is 0. The molecule has 1 fully saturated rings. The van der Waals surface area contributed by atoms with Gasteiger partial charge in [-0.1, -0.05) is 0 Å². The van der Waals surface area contributed by atoms with Gasteiger partial charge >= 0.3 is 0 Å². The van der Waals surface area contributed by atoms with Crippen molar-refractivity contribution in [1.29, 1.82) is 0 Å². The highest BCUT2D eigenvalue weighted by atomic mass is 32.1. The van der Waals surface area contributed by atoms with E-state index in [9.17, 15) is 4.79 Å². The van der Waals surface area contributed by atoms with Gasteiger partial charge in [0.05, 0.1) is 5.39 Å². The molecule has 106 valence electrons. The molecule has 0 bridgehead atoms. The van der Waals surface area contributed by atoms with Crippen molar-refractivity contribution in [2.45, 2.75) is 19.9 Å². The molecule has 7 heteroatoms. The van der Waals surface area contributed by atoms with E-state index in [-0.39, 0.29) is 11.9 Å². The molecule has 0 spiro atoms. The van der Waals surface area contributed by atoms with Crippen LogP contribution in [0.15, 0.2) is 6.33 Å². The number of aromatic nitrogens is 2. The third-order valence-corrected chi connectivity index (χ3v) is 4.88. The molecule has 1 aliphatic heterocycles. The molecule has 0 aromatic carbocycles. The largest absolute Gasteiger partial charge is 0.368 e. The standard InChI is InChI=1S/C13H17N5OS/c1-7-8(2)20-13-10(7)12(16-6-17-13)18-4-3-15-9(5-18)11(14)19/h6,9,15H,3-5H2,1-2H3,(H2,14,19). The normalized spacial score (nSPS) is 19.5. The number of rotatable bonds is 2. The third kappa shape index (κ3) is 2.12. The molecule has 1 aliphatic rings. The number of anilines is 1. The fraction of sp³-hybridized carbons (Fsp3) is 0.462. The van der Waals surface area contributed by atoms with Crippen LogP contribution in [-0.4, -0.2) is 41.6 Å². The minimum Gasteiger partial charge on any atom is -0.368 e. The number of nitrogens with zero attached hydrogens (tertiary/aromatic N) is 3. The maximum atomic E-state index is 11.4. The van der Waals surface area contributed by atoms with Gasteiger partial charge in [-0.25, -0.2) is 9.97 Å². The molecule has 0 aliphatic carbocycles. The first-order valence-corrected chi connectivity index (χ1v) is 7.38. The molecule has 2 aromatic heterocycles. The molecule has 3 N–H and O–H groups in total. The summed E-state index contributed by atoms with van der Waals surface area (Å²) in [6.07, 6.45) is 1.59. The first-order valence-electron chi connectivity index (χ1n) is 6.56. The molecule has 20 heavy (non-hydrogen) atoms. The Kier molecular flexibility index (Phi) is 3.31. The Morgan fingerprint density at radius 1 is 1.50 bits per heavy atom. The van der Waals surface area contributed by atoms with Crippen LogP contribution in [0.4, 0.5) is 5.82 Å². The van der Waals surface area contributed by atoms with Gasteiger partial charge in [0.2, 0.25) is 5.91 Å². The molecule has 1 unspecified atom stereocenters. The summed E-state index contributed by atoms with van der Waals surface area (Å²) in [6.45, 7) is 6.27. The topological polar surface area (TPSA) is 84.1 Å². The molecule has 0 saturated carbocycles. The quantitative estimate of drug-likeness (QED) is 0.845. The van der Waals surface area contributed by atoms with E-state index >= 15 is 0 Å². The monoisotopic (exact) mass is 291 g/mol. The van der Waals surface area contributed by atoms with Gasteiger partial charge in [0, 0.05) is 24.5 Å². The van der Waals surface area contributed by atoms with Crippen LogP contribution < -0.4 is 16.0 Å². The number of aryl methyl sites for hydroxylation is 2. The molecular formula is C13H17N5OS. The Bertz CT molecular complexity index is 668. The van der Waals surface area contributed by atoms with Gasteiger partial charge in [-0.05, 0) is 19.4 Å². The number of amides is 1. The number of thiophene rings is 1. The van der Waals surface area contributed by atoms with Crippen LogP contribution in [0.2, 0.25) is 0 Å². The molecule has 1 saturated heterocycles. The van der Waals surface area contributed by atoms with Gasteiger partial charge in [0.25, 0.3) is 0 Å². The van der Waals surface area contributed by atoms with Crippen molar-refractivity contribution in [1.82, 2.24) is 15.3 Å². The molecule has 3 rings (SSSR count). The Hall–Kier alpha value is -1.73. The van der Waals surface area contributed by atoms with Gasteiger partial charge in [-0.3, -0.25) is 4.79 Å². The van der Waals surface area contributed by atoms with Crippen molar-refractivity contribution in [3.05, 3.63) is 16.8 Å². The van der Waals surface area contributed by atoms with E-state index in [1.54, 1.807) is 17.7 Å². The Labute approximate surface area is 121 Å². The van der Waals surface area contributed by atoms with Gasteiger partial charge in [-0.15, -0.1) is 11.3 Å². The minimum atomic E-state index is -0.325. The lowest BCUT2D eigenvalue weighted by atomic mass is 10.1. The second-order valence-corrected chi connectivity index (χ2v) is 6.22. The van der Waals surface area contributed by atoms with Crippen LogP contribution in [0.3, 0.4) is 0 Å². The Morgan fingerprint density at radius 3 is 3.05 bits per heavy atom. The van der Waals surface area contributed by atoms with E-state index in [0.717, 1.165) is 29.1 Å². The van der Waals surface area contributed by atoms with E-state index in [1.165, 1.54) is 10.4 Å². The third-order valence-electron chi connectivity index (χ3n) is 3.76. The summed E-state index contributed by atoms with van der Waals surface area (Å²) in [6, 6.07) is -0.325. The molecule has 2 aromatic rings. The molecule has 6 nitrogen and oxygen atoms in total. The highest BCUT2D eigenvalue weighted by molar-refractivity contribution is 7.18. The zero-order valence-electron chi connectivity index (χ0n) is 11.5. The number of hydrogen-bond donors (Lipinski definition) is 2. The van der Waals surface area contributed by atoms with E-state index in [1.807, 2.05) is 0 Å². The maximum absolute atomic E-state index is 11.4. The van der Waals surface area contributed by atoms with Crippen molar-refractivity contribution < 1.29 is 4.79 Å².